The minimum absolute atomic E-state index is 0.0111. The Balaban J connectivity index is 1.39. The van der Waals surface area contributed by atoms with E-state index in [9.17, 15) is 4.79 Å². The van der Waals surface area contributed by atoms with Crippen LogP contribution in [0.1, 0.15) is 42.0 Å². The Morgan fingerprint density at radius 2 is 2.19 bits per heavy atom. The molecule has 3 heterocycles. The lowest BCUT2D eigenvalue weighted by Gasteiger charge is -2.40. The first-order valence-corrected chi connectivity index (χ1v) is 9.59. The first kappa shape index (κ1) is 16.4. The molecule has 3 aromatic rings. The maximum Gasteiger partial charge on any atom is 0.228 e. The van der Waals surface area contributed by atoms with E-state index in [1.807, 2.05) is 42.3 Å². The molecule has 0 N–H and O–H groups in total. The minimum Gasteiger partial charge on any atom is -0.356 e. The molecule has 6 heteroatoms. The molecule has 0 bridgehead atoms. The van der Waals surface area contributed by atoms with E-state index < -0.39 is 0 Å². The molecule has 2 aliphatic rings. The van der Waals surface area contributed by atoms with Gasteiger partial charge in [0.2, 0.25) is 5.91 Å². The third kappa shape index (κ3) is 2.71. The van der Waals surface area contributed by atoms with Crippen LogP contribution in [0.2, 0.25) is 0 Å². The summed E-state index contributed by atoms with van der Waals surface area (Å²) in [5.41, 5.74) is 3.85. The molecule has 1 aliphatic heterocycles. The van der Waals surface area contributed by atoms with Crippen LogP contribution in [0.3, 0.4) is 0 Å². The molecule has 6 nitrogen and oxygen atoms in total. The summed E-state index contributed by atoms with van der Waals surface area (Å²) in [6.07, 6.45) is 6.40. The van der Waals surface area contributed by atoms with Crippen LogP contribution in [-0.4, -0.2) is 39.0 Å². The molecule has 1 aromatic carbocycles. The van der Waals surface area contributed by atoms with E-state index in [2.05, 4.69) is 10.1 Å². The van der Waals surface area contributed by atoms with Gasteiger partial charge in [0.05, 0.1) is 12.1 Å². The van der Waals surface area contributed by atoms with Crippen molar-refractivity contribution >= 4 is 16.9 Å². The molecular formula is C21H22N4O2. The number of aryl methyl sites for hydroxylation is 2. The summed E-state index contributed by atoms with van der Waals surface area (Å²) in [6.45, 7) is 3.48. The largest absolute Gasteiger partial charge is 0.356 e. The van der Waals surface area contributed by atoms with Crippen molar-refractivity contribution in [2.24, 2.45) is 0 Å². The zero-order chi connectivity index (χ0) is 18.4. The lowest BCUT2D eigenvalue weighted by atomic mass is 9.77. The van der Waals surface area contributed by atoms with Crippen LogP contribution in [0.4, 0.5) is 0 Å². The Morgan fingerprint density at radius 3 is 3.11 bits per heavy atom. The fourth-order valence-electron chi connectivity index (χ4n) is 4.69. The number of piperidine rings is 1. The average molecular weight is 362 g/mol. The van der Waals surface area contributed by atoms with Gasteiger partial charge in [0, 0.05) is 30.1 Å². The number of para-hydroxylation sites is 1. The van der Waals surface area contributed by atoms with Gasteiger partial charge in [-0.3, -0.25) is 4.79 Å². The predicted octanol–water partition coefficient (Wildman–Crippen LogP) is 2.98. The van der Waals surface area contributed by atoms with Crippen molar-refractivity contribution in [1.82, 2.24) is 20.0 Å². The summed E-state index contributed by atoms with van der Waals surface area (Å²) in [5, 5.41) is 5.05. The van der Waals surface area contributed by atoms with Crippen molar-refractivity contribution in [3.63, 3.8) is 0 Å². The van der Waals surface area contributed by atoms with Gasteiger partial charge >= 0.3 is 0 Å². The highest BCUT2D eigenvalue weighted by Crippen LogP contribution is 2.43. The predicted molar refractivity (Wildman–Crippen MR) is 100 cm³/mol. The first-order valence-electron chi connectivity index (χ1n) is 9.59. The van der Waals surface area contributed by atoms with E-state index in [1.54, 1.807) is 0 Å². The number of hydrogen-bond acceptors (Lipinski definition) is 5. The van der Waals surface area contributed by atoms with E-state index in [0.717, 1.165) is 61.3 Å². The van der Waals surface area contributed by atoms with Crippen molar-refractivity contribution in [3.05, 3.63) is 53.2 Å². The van der Waals surface area contributed by atoms with Crippen LogP contribution < -0.4 is 0 Å². The monoisotopic (exact) mass is 362 g/mol. The Labute approximate surface area is 157 Å². The number of carbonyl (C=O) groups excluding carboxylic acids is 1. The highest BCUT2D eigenvalue weighted by molar-refractivity contribution is 5.86. The molecule has 0 saturated carbocycles. The summed E-state index contributed by atoms with van der Waals surface area (Å²) in [6, 6.07) is 7.69. The Morgan fingerprint density at radius 1 is 1.30 bits per heavy atom. The van der Waals surface area contributed by atoms with Crippen molar-refractivity contribution in [2.75, 3.05) is 13.1 Å². The molecule has 138 valence electrons. The summed E-state index contributed by atoms with van der Waals surface area (Å²) in [5.74, 6) is 0.930. The number of carbonyl (C=O) groups is 1. The number of hydrogen-bond donors (Lipinski definition) is 0. The van der Waals surface area contributed by atoms with Gasteiger partial charge in [-0.15, -0.1) is 0 Å². The van der Waals surface area contributed by atoms with Crippen LogP contribution in [-0.2, 0) is 23.1 Å². The van der Waals surface area contributed by atoms with Gasteiger partial charge in [0.15, 0.2) is 5.58 Å². The van der Waals surface area contributed by atoms with E-state index in [1.165, 1.54) is 11.3 Å². The summed E-state index contributed by atoms with van der Waals surface area (Å²) in [7, 11) is 0. The second-order valence-electron chi connectivity index (χ2n) is 7.79. The molecule has 1 amide bonds. The summed E-state index contributed by atoms with van der Waals surface area (Å²) in [4.78, 5) is 24.2. The highest BCUT2D eigenvalue weighted by Gasteiger charge is 2.44. The fraction of sp³-hybridized carbons (Fsp3) is 0.429. The zero-order valence-electron chi connectivity index (χ0n) is 15.4. The standard InChI is InChI=1S/C21H22N4O2/c1-14-22-12-15-7-9-21(20(15)23-14)8-4-10-25(13-21)19(26)11-17-16-5-2-3-6-18(16)27-24-17/h2-3,5-6,12H,4,7-11,13H2,1H3. The molecule has 1 unspecified atom stereocenters. The summed E-state index contributed by atoms with van der Waals surface area (Å²) < 4.78 is 5.35. The molecule has 1 aliphatic carbocycles. The molecule has 1 spiro atoms. The number of fused-ring (bicyclic) bond motifs is 3. The van der Waals surface area contributed by atoms with Gasteiger partial charge in [-0.2, -0.15) is 0 Å². The molecule has 1 atom stereocenters. The van der Waals surface area contributed by atoms with Gasteiger partial charge in [-0.05, 0) is 50.3 Å². The second kappa shape index (κ2) is 6.15. The molecule has 27 heavy (non-hydrogen) atoms. The van der Waals surface area contributed by atoms with Crippen LogP contribution in [0.5, 0.6) is 0 Å². The quantitative estimate of drug-likeness (QED) is 0.701. The average Bonchev–Trinajstić information content (AvgIpc) is 3.24. The number of amides is 1. The smallest absolute Gasteiger partial charge is 0.228 e. The van der Waals surface area contributed by atoms with E-state index in [-0.39, 0.29) is 17.7 Å². The number of likely N-dealkylation sites (tertiary alicyclic amines) is 1. The zero-order valence-corrected chi connectivity index (χ0v) is 15.4. The van der Waals surface area contributed by atoms with E-state index in [0.29, 0.717) is 0 Å². The van der Waals surface area contributed by atoms with Gasteiger partial charge < -0.3 is 9.42 Å². The highest BCUT2D eigenvalue weighted by atomic mass is 16.5. The van der Waals surface area contributed by atoms with Crippen LogP contribution in [0, 0.1) is 6.92 Å². The van der Waals surface area contributed by atoms with Gasteiger partial charge in [-0.1, -0.05) is 17.3 Å². The van der Waals surface area contributed by atoms with Gasteiger partial charge in [0.1, 0.15) is 11.5 Å². The Hall–Kier alpha value is -2.76. The maximum absolute atomic E-state index is 13.0. The molecule has 0 radical (unpaired) electrons. The number of benzene rings is 1. The Bertz CT molecular complexity index is 1020. The Kier molecular flexibility index (Phi) is 3.74. The van der Waals surface area contributed by atoms with E-state index >= 15 is 0 Å². The number of aromatic nitrogens is 3. The van der Waals surface area contributed by atoms with Crippen LogP contribution >= 0.6 is 0 Å². The minimum atomic E-state index is -0.0111. The SMILES string of the molecule is Cc1ncc2c(n1)C1(CCCN(C(=O)Cc3noc4ccccc34)C1)CC2. The van der Waals surface area contributed by atoms with E-state index in [4.69, 9.17) is 9.51 Å². The molecule has 5 rings (SSSR count). The van der Waals surface area contributed by atoms with Crippen LogP contribution in [0.25, 0.3) is 11.0 Å². The lowest BCUT2D eigenvalue weighted by Crippen LogP contribution is -2.48. The summed E-state index contributed by atoms with van der Waals surface area (Å²) >= 11 is 0. The number of rotatable bonds is 2. The third-order valence-electron chi connectivity index (χ3n) is 6.06. The fourth-order valence-corrected chi connectivity index (χ4v) is 4.69. The van der Waals surface area contributed by atoms with Crippen LogP contribution in [0.15, 0.2) is 35.0 Å². The van der Waals surface area contributed by atoms with Crippen molar-refractivity contribution in [1.29, 1.82) is 0 Å². The van der Waals surface area contributed by atoms with Gasteiger partial charge in [0.25, 0.3) is 0 Å². The molecular weight excluding hydrogens is 340 g/mol. The molecule has 2 aromatic heterocycles. The topological polar surface area (TPSA) is 72.1 Å². The lowest BCUT2D eigenvalue weighted by molar-refractivity contribution is -0.132. The third-order valence-corrected chi connectivity index (χ3v) is 6.06. The van der Waals surface area contributed by atoms with Crippen molar-refractivity contribution in [3.8, 4) is 0 Å². The maximum atomic E-state index is 13.0. The molecule has 1 saturated heterocycles. The second-order valence-corrected chi connectivity index (χ2v) is 7.79. The van der Waals surface area contributed by atoms with Gasteiger partial charge in [-0.25, -0.2) is 9.97 Å². The van der Waals surface area contributed by atoms with Crippen molar-refractivity contribution in [2.45, 2.75) is 44.4 Å². The normalized spacial score (nSPS) is 21.7. The number of nitrogens with zero attached hydrogens (tertiary/aromatic N) is 4. The van der Waals surface area contributed by atoms with Crippen molar-refractivity contribution < 1.29 is 9.32 Å². The first-order chi connectivity index (χ1) is 13.1. The molecule has 1 fully saturated rings.